The summed E-state index contributed by atoms with van der Waals surface area (Å²) in [6, 6.07) is 0. The molecule has 22 heavy (non-hydrogen) atoms. The molecule has 6 heteroatoms. The Morgan fingerprint density at radius 3 is 2.77 bits per heavy atom. The predicted octanol–water partition coefficient (Wildman–Crippen LogP) is 2.38. The van der Waals surface area contributed by atoms with E-state index < -0.39 is 0 Å². The van der Waals surface area contributed by atoms with Gasteiger partial charge in [0.1, 0.15) is 5.76 Å². The van der Waals surface area contributed by atoms with Crippen LogP contribution in [0.2, 0.25) is 0 Å². The van der Waals surface area contributed by atoms with Gasteiger partial charge in [0, 0.05) is 29.9 Å². The number of carbonyl (C=O) groups is 2. The molecule has 0 saturated heterocycles. The van der Waals surface area contributed by atoms with Crippen LogP contribution in [0.15, 0.2) is 4.52 Å². The van der Waals surface area contributed by atoms with Crippen molar-refractivity contribution < 1.29 is 14.1 Å². The molecule has 116 valence electrons. The van der Waals surface area contributed by atoms with Gasteiger partial charge in [-0.15, -0.1) is 0 Å². The number of hydrogen-bond donors (Lipinski definition) is 2. The van der Waals surface area contributed by atoms with E-state index in [4.69, 9.17) is 4.52 Å². The number of rotatable bonds is 3. The van der Waals surface area contributed by atoms with Crippen molar-refractivity contribution in [3.8, 4) is 0 Å². The van der Waals surface area contributed by atoms with Crippen molar-refractivity contribution in [2.24, 2.45) is 0 Å². The van der Waals surface area contributed by atoms with Crippen molar-refractivity contribution in [3.05, 3.63) is 39.5 Å². The highest BCUT2D eigenvalue weighted by atomic mass is 16.5. The second-order valence-corrected chi connectivity index (χ2v) is 5.74. The second kappa shape index (κ2) is 5.44. The number of fused-ring (bicyclic) bond motifs is 1. The summed E-state index contributed by atoms with van der Waals surface area (Å²) >= 11 is 0. The highest BCUT2D eigenvalue weighted by Gasteiger charge is 2.28. The van der Waals surface area contributed by atoms with Crippen LogP contribution in [0, 0.1) is 20.8 Å². The van der Waals surface area contributed by atoms with Gasteiger partial charge < -0.3 is 14.8 Å². The van der Waals surface area contributed by atoms with Crippen LogP contribution in [0.25, 0.3) is 0 Å². The van der Waals surface area contributed by atoms with E-state index in [1.54, 1.807) is 0 Å². The molecule has 1 aliphatic rings. The summed E-state index contributed by atoms with van der Waals surface area (Å²) in [4.78, 5) is 27.8. The minimum absolute atomic E-state index is 0.0492. The molecule has 0 radical (unpaired) electrons. The monoisotopic (exact) mass is 301 g/mol. The summed E-state index contributed by atoms with van der Waals surface area (Å²) in [5, 5.41) is 6.74. The minimum Gasteiger partial charge on any atom is -0.361 e. The van der Waals surface area contributed by atoms with Crippen LogP contribution < -0.4 is 5.32 Å². The van der Waals surface area contributed by atoms with Gasteiger partial charge in [-0.1, -0.05) is 5.16 Å². The lowest BCUT2D eigenvalue weighted by Gasteiger charge is -2.12. The normalized spacial score (nSPS) is 14.0. The SMILES string of the molecule is Cc1noc(C)c1CNC(=O)c1c(C)[nH]c2c1C(=O)CCC2. The maximum atomic E-state index is 12.5. The molecule has 2 aromatic rings. The molecule has 0 atom stereocenters. The van der Waals surface area contributed by atoms with Crippen LogP contribution in [0.4, 0.5) is 0 Å². The van der Waals surface area contributed by atoms with Gasteiger partial charge in [-0.25, -0.2) is 0 Å². The number of ketones is 1. The number of nitrogens with one attached hydrogen (secondary N) is 2. The molecule has 3 rings (SSSR count). The Hall–Kier alpha value is -2.37. The molecule has 2 heterocycles. The van der Waals surface area contributed by atoms with Gasteiger partial charge in [-0.3, -0.25) is 9.59 Å². The summed E-state index contributed by atoms with van der Waals surface area (Å²) in [7, 11) is 0. The summed E-state index contributed by atoms with van der Waals surface area (Å²) in [5.74, 6) is 0.514. The molecule has 0 aliphatic heterocycles. The zero-order valence-electron chi connectivity index (χ0n) is 13.0. The van der Waals surface area contributed by atoms with Crippen molar-refractivity contribution in [2.75, 3.05) is 0 Å². The van der Waals surface area contributed by atoms with Crippen LogP contribution >= 0.6 is 0 Å². The molecule has 1 amide bonds. The highest BCUT2D eigenvalue weighted by Crippen LogP contribution is 2.26. The van der Waals surface area contributed by atoms with E-state index in [0.29, 0.717) is 29.9 Å². The average molecular weight is 301 g/mol. The number of aromatic nitrogens is 2. The van der Waals surface area contributed by atoms with Crippen molar-refractivity contribution in [2.45, 2.75) is 46.6 Å². The third-order valence-electron chi connectivity index (χ3n) is 4.21. The van der Waals surface area contributed by atoms with Crippen LogP contribution in [0.5, 0.6) is 0 Å². The molecule has 0 unspecified atom stereocenters. The van der Waals surface area contributed by atoms with Gasteiger partial charge in [0.2, 0.25) is 0 Å². The molecule has 6 nitrogen and oxygen atoms in total. The molecule has 0 spiro atoms. The number of amides is 1. The summed E-state index contributed by atoms with van der Waals surface area (Å²) in [6.45, 7) is 5.82. The Balaban J connectivity index is 1.84. The van der Waals surface area contributed by atoms with Gasteiger partial charge >= 0.3 is 0 Å². The van der Waals surface area contributed by atoms with Crippen molar-refractivity contribution >= 4 is 11.7 Å². The Labute approximate surface area is 128 Å². The van der Waals surface area contributed by atoms with E-state index in [1.807, 2.05) is 20.8 Å². The number of H-pyrrole nitrogens is 1. The molecule has 1 aliphatic carbocycles. The molecule has 2 N–H and O–H groups in total. The van der Waals surface area contributed by atoms with E-state index >= 15 is 0 Å². The lowest BCUT2D eigenvalue weighted by molar-refractivity contribution is 0.0925. The highest BCUT2D eigenvalue weighted by molar-refractivity contribution is 6.10. The van der Waals surface area contributed by atoms with E-state index in [-0.39, 0.29) is 11.7 Å². The van der Waals surface area contributed by atoms with Crippen molar-refractivity contribution in [1.29, 1.82) is 0 Å². The maximum absolute atomic E-state index is 12.5. The van der Waals surface area contributed by atoms with Crippen molar-refractivity contribution in [3.63, 3.8) is 0 Å². The van der Waals surface area contributed by atoms with E-state index in [2.05, 4.69) is 15.5 Å². The lowest BCUT2D eigenvalue weighted by atomic mass is 9.93. The Morgan fingerprint density at radius 2 is 2.09 bits per heavy atom. The molecule has 0 saturated carbocycles. The number of carbonyl (C=O) groups excluding carboxylic acids is 2. The number of Topliss-reactive ketones (excluding diaryl/α,β-unsaturated/α-hetero) is 1. The first-order valence-corrected chi connectivity index (χ1v) is 7.43. The molecule has 0 bridgehead atoms. The average Bonchev–Trinajstić information content (AvgIpc) is 2.97. The van der Waals surface area contributed by atoms with Crippen LogP contribution in [0.1, 0.15) is 62.0 Å². The van der Waals surface area contributed by atoms with E-state index in [9.17, 15) is 9.59 Å². The number of nitrogens with zero attached hydrogens (tertiary/aromatic N) is 1. The topological polar surface area (TPSA) is 88.0 Å². The Kier molecular flexibility index (Phi) is 3.60. The molecular formula is C16H19N3O3. The molecule has 0 aromatic carbocycles. The fourth-order valence-corrected chi connectivity index (χ4v) is 3.03. The standard InChI is InChI=1S/C16H19N3O3/c1-8-11(10(3)22-19-8)7-17-16(21)14-9(2)18-12-5-4-6-13(20)15(12)14/h18H,4-7H2,1-3H3,(H,17,21). The van der Waals surface area contributed by atoms with E-state index in [0.717, 1.165) is 35.5 Å². The molecular weight excluding hydrogens is 282 g/mol. The molecule has 0 fully saturated rings. The van der Waals surface area contributed by atoms with Gasteiger partial charge in [0.05, 0.1) is 16.8 Å². The molecule has 2 aromatic heterocycles. The Morgan fingerprint density at radius 1 is 1.32 bits per heavy atom. The van der Waals surface area contributed by atoms with Gasteiger partial charge in [0.25, 0.3) is 5.91 Å². The zero-order chi connectivity index (χ0) is 15.9. The van der Waals surface area contributed by atoms with Gasteiger partial charge in [0.15, 0.2) is 5.78 Å². The quantitative estimate of drug-likeness (QED) is 0.911. The maximum Gasteiger partial charge on any atom is 0.254 e. The Bertz CT molecular complexity index is 736. The first-order chi connectivity index (χ1) is 10.5. The number of aromatic amines is 1. The minimum atomic E-state index is -0.231. The number of hydrogen-bond acceptors (Lipinski definition) is 4. The first kappa shape index (κ1) is 14.6. The van der Waals surface area contributed by atoms with Crippen LogP contribution in [-0.2, 0) is 13.0 Å². The smallest absolute Gasteiger partial charge is 0.254 e. The summed E-state index contributed by atoms with van der Waals surface area (Å²) in [5.41, 5.74) is 4.32. The summed E-state index contributed by atoms with van der Waals surface area (Å²) < 4.78 is 5.09. The fraction of sp³-hybridized carbons (Fsp3) is 0.438. The lowest BCUT2D eigenvalue weighted by Crippen LogP contribution is -2.26. The third kappa shape index (κ3) is 2.34. The first-order valence-electron chi connectivity index (χ1n) is 7.43. The second-order valence-electron chi connectivity index (χ2n) is 5.74. The van der Waals surface area contributed by atoms with Crippen LogP contribution in [-0.4, -0.2) is 21.8 Å². The predicted molar refractivity (Wildman–Crippen MR) is 79.9 cm³/mol. The van der Waals surface area contributed by atoms with Crippen LogP contribution in [0.3, 0.4) is 0 Å². The third-order valence-corrected chi connectivity index (χ3v) is 4.21. The van der Waals surface area contributed by atoms with Gasteiger partial charge in [-0.2, -0.15) is 0 Å². The van der Waals surface area contributed by atoms with E-state index in [1.165, 1.54) is 0 Å². The number of aryl methyl sites for hydroxylation is 4. The van der Waals surface area contributed by atoms with Crippen molar-refractivity contribution in [1.82, 2.24) is 15.5 Å². The van der Waals surface area contributed by atoms with Gasteiger partial charge in [-0.05, 0) is 33.6 Å². The fourth-order valence-electron chi connectivity index (χ4n) is 3.03. The largest absolute Gasteiger partial charge is 0.361 e. The summed E-state index contributed by atoms with van der Waals surface area (Å²) in [6.07, 6.45) is 2.17. The zero-order valence-corrected chi connectivity index (χ0v) is 13.0.